The molecule has 5 rings (SSSR count). The molecule has 2 aliphatic rings. The smallest absolute Gasteiger partial charge is 0.299 e. The molecule has 2 nitrogen and oxygen atoms in total. The van der Waals surface area contributed by atoms with Gasteiger partial charge in [0.2, 0.25) is 0 Å². The van der Waals surface area contributed by atoms with E-state index >= 15 is 4.39 Å². The lowest BCUT2D eigenvalue weighted by atomic mass is 9.76. The van der Waals surface area contributed by atoms with Crippen LogP contribution in [0.15, 0.2) is 96.0 Å². The van der Waals surface area contributed by atoms with E-state index in [2.05, 4.69) is 19.1 Å². The molecule has 1 aliphatic heterocycles. The maximum atomic E-state index is 15.2. The highest BCUT2D eigenvalue weighted by Crippen LogP contribution is 2.37. The van der Waals surface area contributed by atoms with E-state index in [0.29, 0.717) is 29.7 Å². The second kappa shape index (κ2) is 12.6. The summed E-state index contributed by atoms with van der Waals surface area (Å²) in [5.41, 5.74) is 1.99. The van der Waals surface area contributed by atoms with Crippen molar-refractivity contribution in [1.29, 1.82) is 0 Å². The van der Waals surface area contributed by atoms with E-state index < -0.39 is 29.4 Å². The van der Waals surface area contributed by atoms with Crippen LogP contribution in [0.4, 0.5) is 22.0 Å². The zero-order valence-electron chi connectivity index (χ0n) is 23.3. The fraction of sp³-hybridized carbons (Fsp3) is 0.314. The first-order chi connectivity index (χ1) is 20.1. The molecule has 0 N–H and O–H groups in total. The van der Waals surface area contributed by atoms with Crippen molar-refractivity contribution in [2.75, 3.05) is 0 Å². The van der Waals surface area contributed by atoms with Crippen LogP contribution in [0.5, 0.6) is 0 Å². The molecule has 3 aromatic carbocycles. The number of Topliss-reactive ketones (excluding diaryl/α,β-unsaturated/α-hetero) is 1. The van der Waals surface area contributed by atoms with Crippen LogP contribution in [0, 0.1) is 23.5 Å². The van der Waals surface area contributed by atoms with E-state index in [1.165, 1.54) is 24.3 Å². The summed E-state index contributed by atoms with van der Waals surface area (Å²) in [6, 6.07) is 17.7. The normalized spacial score (nSPS) is 23.7. The number of carbonyl (C=O) groups excluding carboxylic acids is 1. The number of allylic oxidation sites excluding steroid dienone is 3. The number of carbonyl (C=O) groups is 1. The molecule has 0 amide bonds. The predicted octanol–water partition coefficient (Wildman–Crippen LogP) is 9.36. The van der Waals surface area contributed by atoms with Crippen molar-refractivity contribution in [3.05, 3.63) is 125 Å². The molecule has 0 fully saturated rings. The summed E-state index contributed by atoms with van der Waals surface area (Å²) in [5, 5.41) is 0. The number of nitrogens with zero attached hydrogens (tertiary/aromatic N) is 1. The van der Waals surface area contributed by atoms with E-state index in [0.717, 1.165) is 36.6 Å². The minimum Gasteiger partial charge on any atom is -0.299 e. The Hall–Kier alpha value is -3.87. The summed E-state index contributed by atoms with van der Waals surface area (Å²) in [5.74, 6) is -1.25. The number of benzene rings is 3. The quantitative estimate of drug-likeness (QED) is 0.285. The number of fused-ring (bicyclic) bond motifs is 1. The van der Waals surface area contributed by atoms with Crippen LogP contribution in [0.25, 0.3) is 5.57 Å². The van der Waals surface area contributed by atoms with Gasteiger partial charge >= 0.3 is 6.18 Å². The lowest BCUT2D eigenvalue weighted by Crippen LogP contribution is -2.29. The predicted molar refractivity (Wildman–Crippen MR) is 155 cm³/mol. The SMILES string of the molecule is CC1CCC(c2ccccc2)C=CC(c2ccc(F)cc2F)=CC2N=C(c3ccc(C(F)(F)F)cc3)CC(=O)CCC12. The summed E-state index contributed by atoms with van der Waals surface area (Å²) in [6.07, 6.45) is 3.90. The standard InChI is InChI=1S/C35H32F5NO/c1-22-7-8-24(23-5-3-2-4-6-23)9-10-26(31-17-15-28(36)20-32(31)37)19-34-30(22)18-16-29(42)21-33(41-34)25-11-13-27(14-12-25)35(38,39)40/h2-6,9-15,17,19-20,22,24,30,34H,7-8,16,18,21H2,1H3. The number of alkyl halides is 3. The first-order valence-electron chi connectivity index (χ1n) is 14.2. The number of aliphatic imine (C=N–C) groups is 1. The van der Waals surface area contributed by atoms with Crippen LogP contribution in [0.2, 0.25) is 0 Å². The molecule has 218 valence electrons. The molecular formula is C35H32F5NO. The first kappa shape index (κ1) is 29.6. The Balaban J connectivity index is 1.65. The van der Waals surface area contributed by atoms with Gasteiger partial charge in [0.25, 0.3) is 0 Å². The van der Waals surface area contributed by atoms with Gasteiger partial charge in [-0.25, -0.2) is 8.78 Å². The summed E-state index contributed by atoms with van der Waals surface area (Å²) in [6.45, 7) is 2.14. The molecule has 42 heavy (non-hydrogen) atoms. The molecule has 4 unspecified atom stereocenters. The Morgan fingerprint density at radius 2 is 1.62 bits per heavy atom. The maximum Gasteiger partial charge on any atom is 0.416 e. The third kappa shape index (κ3) is 6.94. The Bertz CT molecular complexity index is 1500. The third-order valence-corrected chi connectivity index (χ3v) is 8.40. The summed E-state index contributed by atoms with van der Waals surface area (Å²) in [7, 11) is 0. The van der Waals surface area contributed by atoms with Crippen LogP contribution in [0.3, 0.4) is 0 Å². The minimum absolute atomic E-state index is 0.00295. The van der Waals surface area contributed by atoms with Gasteiger partial charge in [-0.05, 0) is 72.1 Å². The Labute approximate surface area is 242 Å². The van der Waals surface area contributed by atoms with E-state index in [9.17, 15) is 22.4 Å². The van der Waals surface area contributed by atoms with Crippen molar-refractivity contribution in [2.24, 2.45) is 16.8 Å². The lowest BCUT2D eigenvalue weighted by molar-refractivity contribution is -0.137. The van der Waals surface area contributed by atoms with Gasteiger partial charge in [-0.2, -0.15) is 13.2 Å². The topological polar surface area (TPSA) is 29.4 Å². The van der Waals surface area contributed by atoms with E-state index in [1.54, 1.807) is 0 Å². The average Bonchev–Trinajstić information content (AvgIpc) is 2.95. The van der Waals surface area contributed by atoms with Gasteiger partial charge < -0.3 is 0 Å². The van der Waals surface area contributed by atoms with Crippen LogP contribution < -0.4 is 0 Å². The second-order valence-electron chi connectivity index (χ2n) is 11.2. The third-order valence-electron chi connectivity index (χ3n) is 8.40. The molecular weight excluding hydrogens is 545 g/mol. The zero-order chi connectivity index (χ0) is 29.9. The number of rotatable bonds is 3. The molecule has 0 radical (unpaired) electrons. The molecule has 4 atom stereocenters. The Kier molecular flexibility index (Phi) is 8.85. The van der Waals surface area contributed by atoms with Gasteiger partial charge in [0.1, 0.15) is 17.4 Å². The molecule has 0 aromatic heterocycles. The molecule has 3 aromatic rings. The van der Waals surface area contributed by atoms with Gasteiger partial charge in [-0.15, -0.1) is 0 Å². The fourth-order valence-electron chi connectivity index (χ4n) is 6.00. The van der Waals surface area contributed by atoms with Crippen molar-refractivity contribution < 1.29 is 26.7 Å². The highest BCUT2D eigenvalue weighted by molar-refractivity contribution is 6.11. The summed E-state index contributed by atoms with van der Waals surface area (Å²) >= 11 is 0. The molecule has 1 heterocycles. The van der Waals surface area contributed by atoms with Crippen LogP contribution in [-0.2, 0) is 11.0 Å². The van der Waals surface area contributed by atoms with Crippen LogP contribution in [-0.4, -0.2) is 17.5 Å². The highest BCUT2D eigenvalue weighted by Gasteiger charge is 2.32. The molecule has 0 bridgehead atoms. The largest absolute Gasteiger partial charge is 0.416 e. The summed E-state index contributed by atoms with van der Waals surface area (Å²) < 4.78 is 68.6. The zero-order valence-corrected chi connectivity index (χ0v) is 23.3. The van der Waals surface area contributed by atoms with Crippen LogP contribution in [0.1, 0.15) is 67.2 Å². The van der Waals surface area contributed by atoms with Crippen molar-refractivity contribution in [3.63, 3.8) is 0 Å². The number of ketones is 1. The maximum absolute atomic E-state index is 15.2. The van der Waals surface area contributed by atoms with Gasteiger partial charge in [-0.1, -0.05) is 67.6 Å². The van der Waals surface area contributed by atoms with Crippen molar-refractivity contribution in [3.8, 4) is 0 Å². The number of hydrogen-bond acceptors (Lipinski definition) is 2. The van der Waals surface area contributed by atoms with Crippen molar-refractivity contribution in [1.82, 2.24) is 0 Å². The van der Waals surface area contributed by atoms with Gasteiger partial charge in [0, 0.05) is 30.4 Å². The van der Waals surface area contributed by atoms with Gasteiger partial charge in [0.15, 0.2) is 0 Å². The second-order valence-corrected chi connectivity index (χ2v) is 11.2. The molecule has 0 saturated carbocycles. The first-order valence-corrected chi connectivity index (χ1v) is 14.2. The highest BCUT2D eigenvalue weighted by atomic mass is 19.4. The molecule has 1 aliphatic carbocycles. The van der Waals surface area contributed by atoms with E-state index in [-0.39, 0.29) is 35.5 Å². The molecule has 0 saturated heterocycles. The Morgan fingerprint density at radius 3 is 2.31 bits per heavy atom. The molecule has 7 heteroatoms. The molecule has 0 spiro atoms. The van der Waals surface area contributed by atoms with Crippen molar-refractivity contribution >= 4 is 17.1 Å². The van der Waals surface area contributed by atoms with E-state index in [1.807, 2.05) is 36.4 Å². The monoisotopic (exact) mass is 577 g/mol. The van der Waals surface area contributed by atoms with Gasteiger partial charge in [-0.3, -0.25) is 9.79 Å². The lowest BCUT2D eigenvalue weighted by Gasteiger charge is -2.32. The minimum atomic E-state index is -4.48. The fourth-order valence-corrected chi connectivity index (χ4v) is 6.00. The van der Waals surface area contributed by atoms with Crippen LogP contribution >= 0.6 is 0 Å². The Morgan fingerprint density at radius 1 is 0.881 bits per heavy atom. The number of halogens is 5. The van der Waals surface area contributed by atoms with Crippen molar-refractivity contribution in [2.45, 2.75) is 57.2 Å². The average molecular weight is 578 g/mol. The van der Waals surface area contributed by atoms with E-state index in [4.69, 9.17) is 4.99 Å². The summed E-state index contributed by atoms with van der Waals surface area (Å²) in [4.78, 5) is 17.9. The van der Waals surface area contributed by atoms with Gasteiger partial charge in [0.05, 0.1) is 17.3 Å². The number of hydrogen-bond donors (Lipinski definition) is 0.